The zero-order valence-corrected chi connectivity index (χ0v) is 31.8. The van der Waals surface area contributed by atoms with Gasteiger partial charge in [0.15, 0.2) is 0 Å². The van der Waals surface area contributed by atoms with Crippen molar-refractivity contribution in [1.82, 2.24) is 36.9 Å². The number of primary amides is 1. The van der Waals surface area contributed by atoms with Crippen LogP contribution in [0.1, 0.15) is 59.4 Å². The number of carboxylic acids is 1. The summed E-state index contributed by atoms with van der Waals surface area (Å²) in [6.07, 6.45) is 1.22. The molecule has 0 aliphatic heterocycles. The molecule has 11 N–H and O–H groups in total. The highest BCUT2D eigenvalue weighted by Gasteiger charge is 2.35. The fourth-order valence-electron chi connectivity index (χ4n) is 5.50. The standard InChI is InChI=1S/C35H52N8O10S/c1-6-18(4)29(43-33(51)23(11-17(2)3)38-19(5)45)35(53)41-26(15-44)34(52)39-24(12-20-14-37-22-10-8-7-9-21(20)22)31(49)40-25(13-28(46)47)32(50)42-27(16-54)30(36)48/h7-10,14,17-18,23-27,29,37,44,54H,6,11-13,15-16H2,1-5H3,(H2,36,48)(H,38,45)(H,39,52)(H,40,49)(H,41,53)(H,42,50)(H,43,51)(H,46,47). The van der Waals surface area contributed by atoms with E-state index in [0.29, 0.717) is 22.9 Å². The number of carbonyl (C=O) groups is 8. The van der Waals surface area contributed by atoms with Gasteiger partial charge in [0.2, 0.25) is 41.4 Å². The molecule has 0 bridgehead atoms. The van der Waals surface area contributed by atoms with Crippen LogP contribution < -0.4 is 37.6 Å². The van der Waals surface area contributed by atoms with E-state index >= 15 is 0 Å². The van der Waals surface area contributed by atoms with Crippen molar-refractivity contribution in [2.24, 2.45) is 17.6 Å². The van der Waals surface area contributed by atoms with E-state index in [1.807, 2.05) is 13.8 Å². The highest BCUT2D eigenvalue weighted by atomic mass is 32.1. The number of amides is 7. The number of fused-ring (bicyclic) bond motifs is 1. The molecule has 7 atom stereocenters. The van der Waals surface area contributed by atoms with Gasteiger partial charge in [0.1, 0.15) is 36.3 Å². The molecule has 0 saturated heterocycles. The van der Waals surface area contributed by atoms with E-state index in [0.717, 1.165) is 0 Å². The van der Waals surface area contributed by atoms with Gasteiger partial charge in [-0.1, -0.05) is 52.3 Å². The number of nitrogens with one attached hydrogen (secondary N) is 7. The summed E-state index contributed by atoms with van der Waals surface area (Å²) < 4.78 is 0. The smallest absolute Gasteiger partial charge is 0.305 e. The van der Waals surface area contributed by atoms with E-state index in [2.05, 4.69) is 49.5 Å². The lowest BCUT2D eigenvalue weighted by molar-refractivity contribution is -0.141. The van der Waals surface area contributed by atoms with Gasteiger partial charge in [-0.3, -0.25) is 38.4 Å². The number of rotatable bonds is 22. The van der Waals surface area contributed by atoms with Gasteiger partial charge in [0.25, 0.3) is 0 Å². The van der Waals surface area contributed by atoms with Crippen molar-refractivity contribution < 1.29 is 48.6 Å². The number of aliphatic carboxylic acids is 1. The Morgan fingerprint density at radius 1 is 0.778 bits per heavy atom. The molecule has 1 heterocycles. The molecule has 0 fully saturated rings. The lowest BCUT2D eigenvalue weighted by Gasteiger charge is -2.29. The van der Waals surface area contributed by atoms with Gasteiger partial charge in [-0.15, -0.1) is 0 Å². The predicted octanol–water partition coefficient (Wildman–Crippen LogP) is -1.39. The van der Waals surface area contributed by atoms with Crippen molar-refractivity contribution in [2.45, 2.75) is 96.6 Å². The fourth-order valence-corrected chi connectivity index (χ4v) is 5.77. The summed E-state index contributed by atoms with van der Waals surface area (Å²) in [6, 6.07) is -1.18. The molecular weight excluding hydrogens is 724 g/mol. The van der Waals surface area contributed by atoms with Crippen LogP contribution in [0.4, 0.5) is 0 Å². The van der Waals surface area contributed by atoms with Crippen molar-refractivity contribution >= 4 is 70.9 Å². The average molecular weight is 777 g/mol. The number of carbonyl (C=O) groups excluding carboxylic acids is 7. The molecule has 0 aliphatic carbocycles. The Labute approximate surface area is 318 Å². The van der Waals surface area contributed by atoms with Crippen LogP contribution >= 0.6 is 12.6 Å². The third kappa shape index (κ3) is 13.7. The van der Waals surface area contributed by atoms with E-state index < -0.39 is 103 Å². The lowest BCUT2D eigenvalue weighted by atomic mass is 9.96. The Bertz CT molecular complexity index is 1670. The van der Waals surface area contributed by atoms with Crippen LogP contribution in [0.3, 0.4) is 0 Å². The largest absolute Gasteiger partial charge is 0.481 e. The number of aromatic amines is 1. The molecule has 0 aliphatic rings. The Hall–Kier alpha value is -5.17. The molecule has 54 heavy (non-hydrogen) atoms. The molecule has 0 spiro atoms. The number of hydrogen-bond acceptors (Lipinski definition) is 10. The van der Waals surface area contributed by atoms with Crippen LogP contribution in [0.25, 0.3) is 10.9 Å². The number of nitrogens with two attached hydrogens (primary N) is 1. The van der Waals surface area contributed by atoms with E-state index in [1.54, 1.807) is 44.3 Å². The van der Waals surface area contributed by atoms with E-state index in [-0.39, 0.29) is 24.5 Å². The van der Waals surface area contributed by atoms with Crippen LogP contribution in [0.5, 0.6) is 0 Å². The van der Waals surface area contributed by atoms with Crippen LogP contribution in [0.2, 0.25) is 0 Å². The first-order valence-electron chi connectivity index (χ1n) is 17.5. The minimum Gasteiger partial charge on any atom is -0.481 e. The molecule has 2 aromatic rings. The second kappa shape index (κ2) is 21.5. The van der Waals surface area contributed by atoms with Crippen molar-refractivity contribution in [3.05, 3.63) is 36.0 Å². The number of benzene rings is 1. The minimum atomic E-state index is -1.72. The first-order valence-corrected chi connectivity index (χ1v) is 18.1. The summed E-state index contributed by atoms with van der Waals surface area (Å²) in [5, 5.41) is 35.1. The Balaban J connectivity index is 2.39. The second-order valence-electron chi connectivity index (χ2n) is 13.4. The molecule has 7 amide bonds. The van der Waals surface area contributed by atoms with Gasteiger partial charge in [-0.2, -0.15) is 12.6 Å². The van der Waals surface area contributed by atoms with E-state index in [9.17, 15) is 48.6 Å². The SMILES string of the molecule is CCC(C)C(NC(=O)C(CC(C)C)NC(C)=O)C(=O)NC(CO)C(=O)NC(Cc1c[nH]c2ccccc12)C(=O)NC(CC(=O)O)C(=O)NC(CS)C(N)=O. The highest BCUT2D eigenvalue weighted by Crippen LogP contribution is 2.19. The van der Waals surface area contributed by atoms with Gasteiger partial charge in [0, 0.05) is 36.2 Å². The van der Waals surface area contributed by atoms with Gasteiger partial charge in [0.05, 0.1) is 13.0 Å². The number of aliphatic hydroxyl groups excluding tert-OH is 1. The first kappa shape index (κ1) is 45.0. The van der Waals surface area contributed by atoms with E-state index in [1.165, 1.54) is 6.92 Å². The number of H-pyrrole nitrogens is 1. The van der Waals surface area contributed by atoms with Crippen LogP contribution in [0, 0.1) is 11.8 Å². The summed E-state index contributed by atoms with van der Waals surface area (Å²) in [4.78, 5) is 106. The van der Waals surface area contributed by atoms with Crippen LogP contribution in [-0.2, 0) is 44.8 Å². The van der Waals surface area contributed by atoms with Crippen molar-refractivity contribution in [1.29, 1.82) is 0 Å². The Morgan fingerprint density at radius 3 is 1.89 bits per heavy atom. The number of aromatic nitrogens is 1. The van der Waals surface area contributed by atoms with Gasteiger partial charge in [-0.05, 0) is 29.9 Å². The zero-order chi connectivity index (χ0) is 40.7. The second-order valence-corrected chi connectivity index (χ2v) is 13.8. The highest BCUT2D eigenvalue weighted by molar-refractivity contribution is 7.80. The van der Waals surface area contributed by atoms with Gasteiger partial charge in [-0.25, -0.2) is 0 Å². The van der Waals surface area contributed by atoms with Gasteiger partial charge >= 0.3 is 5.97 Å². The molecule has 1 aromatic carbocycles. The summed E-state index contributed by atoms with van der Waals surface area (Å²) in [6.45, 7) is 7.54. The summed E-state index contributed by atoms with van der Waals surface area (Å²) in [7, 11) is 0. The third-order valence-corrected chi connectivity index (χ3v) is 8.96. The number of thiol groups is 1. The topological polar surface area (TPSA) is 291 Å². The lowest BCUT2D eigenvalue weighted by Crippen LogP contribution is -2.61. The molecule has 2 rings (SSSR count). The molecule has 19 heteroatoms. The molecule has 7 unspecified atom stereocenters. The number of carboxylic acid groups (broad SMARTS) is 1. The zero-order valence-electron chi connectivity index (χ0n) is 30.9. The monoisotopic (exact) mass is 776 g/mol. The van der Waals surface area contributed by atoms with E-state index in [4.69, 9.17) is 5.73 Å². The maximum Gasteiger partial charge on any atom is 0.305 e. The van der Waals surface area contributed by atoms with Gasteiger partial charge < -0.3 is 52.8 Å². The molecule has 18 nitrogen and oxygen atoms in total. The number of aliphatic hydroxyl groups is 1. The predicted molar refractivity (Wildman–Crippen MR) is 201 cm³/mol. The van der Waals surface area contributed by atoms with Crippen LogP contribution in [-0.4, -0.2) is 111 Å². The summed E-state index contributed by atoms with van der Waals surface area (Å²) in [5.74, 6) is -7.99. The van der Waals surface area contributed by atoms with Crippen molar-refractivity contribution in [3.8, 4) is 0 Å². The summed E-state index contributed by atoms with van der Waals surface area (Å²) in [5.41, 5.74) is 6.53. The first-order chi connectivity index (χ1) is 25.4. The molecule has 1 aromatic heterocycles. The Kier molecular flexibility index (Phi) is 17.9. The Morgan fingerprint density at radius 2 is 1.33 bits per heavy atom. The normalized spacial score (nSPS) is 15.0. The minimum absolute atomic E-state index is 0.0224. The maximum atomic E-state index is 13.8. The quantitative estimate of drug-likeness (QED) is 0.0623. The maximum absolute atomic E-state index is 13.8. The van der Waals surface area contributed by atoms with Crippen molar-refractivity contribution in [3.63, 3.8) is 0 Å². The molecule has 0 saturated carbocycles. The molecule has 298 valence electrons. The average Bonchev–Trinajstić information content (AvgIpc) is 3.51. The summed E-state index contributed by atoms with van der Waals surface area (Å²) >= 11 is 3.96. The number of hydrogen-bond donors (Lipinski definition) is 11. The number of para-hydroxylation sites is 1. The molecule has 0 radical (unpaired) electrons. The fraction of sp³-hybridized carbons (Fsp3) is 0.543. The van der Waals surface area contributed by atoms with Crippen LogP contribution in [0.15, 0.2) is 30.5 Å². The molecular formula is C35H52N8O10S. The van der Waals surface area contributed by atoms with Crippen molar-refractivity contribution in [2.75, 3.05) is 12.4 Å². The third-order valence-electron chi connectivity index (χ3n) is 8.60.